The van der Waals surface area contributed by atoms with E-state index in [0.717, 1.165) is 12.2 Å². The molecule has 0 atom stereocenters. The number of amides is 1. The van der Waals surface area contributed by atoms with Crippen LogP contribution in [0, 0.1) is 0 Å². The fourth-order valence-electron chi connectivity index (χ4n) is 1.80. The third kappa shape index (κ3) is 4.49. The lowest BCUT2D eigenvalue weighted by Crippen LogP contribution is -2.26. The van der Waals surface area contributed by atoms with Crippen LogP contribution in [0.15, 0.2) is 53.0 Å². The molecule has 3 N–H and O–H groups in total. The molecule has 21 heavy (non-hydrogen) atoms. The molecule has 0 saturated heterocycles. The summed E-state index contributed by atoms with van der Waals surface area (Å²) in [6.07, 6.45) is 0.737. The van der Waals surface area contributed by atoms with E-state index in [2.05, 4.69) is 21.2 Å². The molecule has 0 bridgehead atoms. The highest BCUT2D eigenvalue weighted by Gasteiger charge is 2.10. The van der Waals surface area contributed by atoms with E-state index < -0.39 is 0 Å². The second-order valence-corrected chi connectivity index (χ2v) is 5.27. The van der Waals surface area contributed by atoms with Gasteiger partial charge in [0.1, 0.15) is 5.75 Å². The lowest BCUT2D eigenvalue weighted by atomic mass is 10.2. The van der Waals surface area contributed by atoms with Gasteiger partial charge in [-0.05, 0) is 46.6 Å². The van der Waals surface area contributed by atoms with E-state index in [4.69, 9.17) is 10.5 Å². The standard InChI is InChI=1S/C16H17BrN2O2/c17-15-13(8-4-9-14(15)18)16(20)19-10-5-11-21-12-6-2-1-3-7-12/h1-4,6-9H,5,10-11,18H2,(H,19,20). The molecule has 0 saturated carbocycles. The Kier molecular flexibility index (Phi) is 5.63. The number of carbonyl (C=O) groups excluding carboxylic acids is 1. The van der Waals surface area contributed by atoms with E-state index in [1.54, 1.807) is 18.2 Å². The van der Waals surface area contributed by atoms with Crippen molar-refractivity contribution in [1.82, 2.24) is 5.32 Å². The van der Waals surface area contributed by atoms with Crippen molar-refractivity contribution in [3.05, 3.63) is 58.6 Å². The van der Waals surface area contributed by atoms with Gasteiger partial charge < -0.3 is 15.8 Å². The number of nitrogen functional groups attached to an aromatic ring is 1. The number of ether oxygens (including phenoxy) is 1. The Labute approximate surface area is 132 Å². The third-order valence-electron chi connectivity index (χ3n) is 2.89. The zero-order valence-corrected chi connectivity index (χ0v) is 13.1. The fourth-order valence-corrected chi connectivity index (χ4v) is 2.25. The Morgan fingerprint density at radius 2 is 1.90 bits per heavy atom. The van der Waals surface area contributed by atoms with Crippen LogP contribution in [0.3, 0.4) is 0 Å². The second kappa shape index (κ2) is 7.69. The monoisotopic (exact) mass is 348 g/mol. The molecule has 0 aromatic heterocycles. The Bertz CT molecular complexity index is 602. The van der Waals surface area contributed by atoms with Crippen molar-refractivity contribution in [1.29, 1.82) is 0 Å². The Morgan fingerprint density at radius 1 is 1.14 bits per heavy atom. The molecule has 0 fully saturated rings. The molecule has 2 rings (SSSR count). The Morgan fingerprint density at radius 3 is 2.67 bits per heavy atom. The molecule has 0 aliphatic rings. The molecule has 0 unspecified atom stereocenters. The summed E-state index contributed by atoms with van der Waals surface area (Å²) in [5.74, 6) is 0.691. The molecular weight excluding hydrogens is 332 g/mol. The van der Waals surface area contributed by atoms with Crippen LogP contribution in [0.1, 0.15) is 16.8 Å². The summed E-state index contributed by atoms with van der Waals surface area (Å²) in [7, 11) is 0. The van der Waals surface area contributed by atoms with Crippen LogP contribution in [0.4, 0.5) is 5.69 Å². The predicted molar refractivity (Wildman–Crippen MR) is 87.4 cm³/mol. The number of hydrogen-bond donors (Lipinski definition) is 2. The first-order valence-corrected chi connectivity index (χ1v) is 7.48. The number of nitrogens with one attached hydrogen (secondary N) is 1. The van der Waals surface area contributed by atoms with Crippen molar-refractivity contribution < 1.29 is 9.53 Å². The van der Waals surface area contributed by atoms with Gasteiger partial charge in [0.15, 0.2) is 0 Å². The first-order chi connectivity index (χ1) is 10.2. The van der Waals surface area contributed by atoms with Gasteiger partial charge in [0.05, 0.1) is 16.6 Å². The summed E-state index contributed by atoms with van der Waals surface area (Å²) in [6, 6.07) is 14.8. The summed E-state index contributed by atoms with van der Waals surface area (Å²) in [6.45, 7) is 1.11. The first kappa shape index (κ1) is 15.4. The number of anilines is 1. The topological polar surface area (TPSA) is 64.4 Å². The van der Waals surface area contributed by atoms with Gasteiger partial charge in [0.25, 0.3) is 5.91 Å². The molecule has 0 spiro atoms. The molecule has 2 aromatic carbocycles. The van der Waals surface area contributed by atoms with E-state index in [1.165, 1.54) is 0 Å². The summed E-state index contributed by atoms with van der Waals surface area (Å²) >= 11 is 3.32. The lowest BCUT2D eigenvalue weighted by molar-refractivity contribution is 0.0951. The molecule has 5 heteroatoms. The highest BCUT2D eigenvalue weighted by Crippen LogP contribution is 2.23. The van der Waals surface area contributed by atoms with Crippen LogP contribution in [-0.4, -0.2) is 19.1 Å². The average molecular weight is 349 g/mol. The van der Waals surface area contributed by atoms with Crippen molar-refractivity contribution in [3.8, 4) is 5.75 Å². The van der Waals surface area contributed by atoms with E-state index in [-0.39, 0.29) is 5.91 Å². The minimum atomic E-state index is -0.145. The molecule has 0 radical (unpaired) electrons. The zero-order chi connectivity index (χ0) is 15.1. The zero-order valence-electron chi connectivity index (χ0n) is 11.5. The van der Waals surface area contributed by atoms with Gasteiger partial charge in [-0.15, -0.1) is 0 Å². The highest BCUT2D eigenvalue weighted by atomic mass is 79.9. The Balaban J connectivity index is 1.73. The van der Waals surface area contributed by atoms with Gasteiger partial charge >= 0.3 is 0 Å². The van der Waals surface area contributed by atoms with Crippen LogP contribution in [0.25, 0.3) is 0 Å². The van der Waals surface area contributed by atoms with Crippen LogP contribution < -0.4 is 15.8 Å². The number of para-hydroxylation sites is 1. The molecular formula is C16H17BrN2O2. The minimum absolute atomic E-state index is 0.145. The minimum Gasteiger partial charge on any atom is -0.494 e. The lowest BCUT2D eigenvalue weighted by Gasteiger charge is -2.09. The Hall–Kier alpha value is -2.01. The summed E-state index contributed by atoms with van der Waals surface area (Å²) in [5.41, 5.74) is 6.84. The largest absolute Gasteiger partial charge is 0.494 e. The molecule has 2 aromatic rings. The quantitative estimate of drug-likeness (QED) is 0.622. The van der Waals surface area contributed by atoms with E-state index in [1.807, 2.05) is 30.3 Å². The van der Waals surface area contributed by atoms with E-state index >= 15 is 0 Å². The van der Waals surface area contributed by atoms with Crippen molar-refractivity contribution in [2.24, 2.45) is 0 Å². The van der Waals surface area contributed by atoms with Crippen molar-refractivity contribution >= 4 is 27.5 Å². The maximum Gasteiger partial charge on any atom is 0.252 e. The fraction of sp³-hybridized carbons (Fsp3) is 0.188. The average Bonchev–Trinajstić information content (AvgIpc) is 2.50. The van der Waals surface area contributed by atoms with E-state index in [9.17, 15) is 4.79 Å². The van der Waals surface area contributed by atoms with Crippen molar-refractivity contribution in [2.75, 3.05) is 18.9 Å². The van der Waals surface area contributed by atoms with Gasteiger partial charge in [-0.1, -0.05) is 24.3 Å². The highest BCUT2D eigenvalue weighted by molar-refractivity contribution is 9.10. The van der Waals surface area contributed by atoms with Crippen LogP contribution >= 0.6 is 15.9 Å². The van der Waals surface area contributed by atoms with Gasteiger partial charge in [0, 0.05) is 12.2 Å². The van der Waals surface area contributed by atoms with E-state index in [0.29, 0.717) is 28.9 Å². The van der Waals surface area contributed by atoms with Crippen molar-refractivity contribution in [2.45, 2.75) is 6.42 Å². The smallest absolute Gasteiger partial charge is 0.252 e. The van der Waals surface area contributed by atoms with Gasteiger partial charge in [-0.2, -0.15) is 0 Å². The molecule has 1 amide bonds. The van der Waals surface area contributed by atoms with Crippen LogP contribution in [0.2, 0.25) is 0 Å². The summed E-state index contributed by atoms with van der Waals surface area (Å²) < 4.78 is 6.18. The maximum absolute atomic E-state index is 12.0. The number of nitrogens with two attached hydrogens (primary N) is 1. The number of carbonyl (C=O) groups is 1. The SMILES string of the molecule is Nc1cccc(C(=O)NCCCOc2ccccc2)c1Br. The number of benzene rings is 2. The molecule has 110 valence electrons. The second-order valence-electron chi connectivity index (χ2n) is 4.48. The normalized spacial score (nSPS) is 10.1. The number of rotatable bonds is 6. The molecule has 0 aliphatic carbocycles. The van der Waals surface area contributed by atoms with Crippen LogP contribution in [0.5, 0.6) is 5.75 Å². The first-order valence-electron chi connectivity index (χ1n) is 6.68. The van der Waals surface area contributed by atoms with Gasteiger partial charge in [0.2, 0.25) is 0 Å². The number of halogens is 1. The number of hydrogen-bond acceptors (Lipinski definition) is 3. The molecule has 0 heterocycles. The van der Waals surface area contributed by atoms with Crippen molar-refractivity contribution in [3.63, 3.8) is 0 Å². The van der Waals surface area contributed by atoms with Gasteiger partial charge in [-0.25, -0.2) is 0 Å². The van der Waals surface area contributed by atoms with Crippen LogP contribution in [-0.2, 0) is 0 Å². The summed E-state index contributed by atoms with van der Waals surface area (Å²) in [4.78, 5) is 12.0. The molecule has 4 nitrogen and oxygen atoms in total. The summed E-state index contributed by atoms with van der Waals surface area (Å²) in [5, 5.41) is 2.85. The third-order valence-corrected chi connectivity index (χ3v) is 3.78. The maximum atomic E-state index is 12.0. The van der Waals surface area contributed by atoms with Gasteiger partial charge in [-0.3, -0.25) is 4.79 Å². The predicted octanol–water partition coefficient (Wildman–Crippen LogP) is 3.23. The molecule has 0 aliphatic heterocycles.